The van der Waals surface area contributed by atoms with Gasteiger partial charge in [-0.25, -0.2) is 0 Å². The maximum absolute atomic E-state index is 12.1. The van der Waals surface area contributed by atoms with Crippen molar-refractivity contribution in [2.24, 2.45) is 0 Å². The van der Waals surface area contributed by atoms with Crippen LogP contribution in [0.1, 0.15) is 27.5 Å². The lowest BCUT2D eigenvalue weighted by Gasteiger charge is -2.16. The Labute approximate surface area is 141 Å². The molecule has 7 nitrogen and oxygen atoms in total. The molecule has 1 N–H and O–H groups in total. The van der Waals surface area contributed by atoms with E-state index in [1.54, 1.807) is 32.3 Å². The summed E-state index contributed by atoms with van der Waals surface area (Å²) in [5.74, 6) is 0.230. The van der Waals surface area contributed by atoms with Crippen molar-refractivity contribution in [3.05, 3.63) is 47.3 Å². The third kappa shape index (κ3) is 3.47. The van der Waals surface area contributed by atoms with E-state index < -0.39 is 0 Å². The van der Waals surface area contributed by atoms with Crippen molar-refractivity contribution in [2.45, 2.75) is 18.6 Å². The third-order valence-electron chi connectivity index (χ3n) is 4.44. The number of benzene rings is 1. The number of carbonyl (C=O) groups excluding carboxylic acids is 1. The molecule has 2 heterocycles. The highest BCUT2D eigenvalue weighted by Gasteiger charge is 2.35. The van der Waals surface area contributed by atoms with E-state index in [-0.39, 0.29) is 17.9 Å². The number of rotatable bonds is 5. The van der Waals surface area contributed by atoms with Crippen molar-refractivity contribution in [2.75, 3.05) is 34.3 Å². The van der Waals surface area contributed by atoms with Gasteiger partial charge in [-0.2, -0.15) is 15.4 Å². The van der Waals surface area contributed by atoms with Crippen LogP contribution in [-0.2, 0) is 11.3 Å². The van der Waals surface area contributed by atoms with Gasteiger partial charge in [0.25, 0.3) is 5.91 Å². The van der Waals surface area contributed by atoms with Gasteiger partial charge in [-0.1, -0.05) is 12.1 Å². The molecule has 7 heteroatoms. The first-order valence-electron chi connectivity index (χ1n) is 8.00. The fourth-order valence-electron chi connectivity index (χ4n) is 3.21. The molecule has 1 aliphatic heterocycles. The van der Waals surface area contributed by atoms with Gasteiger partial charge >= 0.3 is 0 Å². The van der Waals surface area contributed by atoms with Gasteiger partial charge in [-0.15, -0.1) is 0 Å². The first-order chi connectivity index (χ1) is 11.6. The Kier molecular flexibility index (Phi) is 4.92. The molecule has 0 aliphatic carbocycles. The summed E-state index contributed by atoms with van der Waals surface area (Å²) in [5.41, 5.74) is 2.77. The summed E-state index contributed by atoms with van der Waals surface area (Å²) in [6.07, 6.45) is 1.86. The van der Waals surface area contributed by atoms with E-state index in [2.05, 4.69) is 26.4 Å². The summed E-state index contributed by atoms with van der Waals surface area (Å²) in [5, 5.41) is 10.8. The van der Waals surface area contributed by atoms with E-state index in [0.717, 1.165) is 30.9 Å². The average molecular weight is 329 g/mol. The lowest BCUT2D eigenvalue weighted by Crippen LogP contribution is -2.24. The van der Waals surface area contributed by atoms with Gasteiger partial charge in [0.05, 0.1) is 18.0 Å². The molecular weight excluding hydrogens is 306 g/mol. The van der Waals surface area contributed by atoms with Crippen LogP contribution >= 0.6 is 0 Å². The number of aromatic nitrogens is 3. The third-order valence-corrected chi connectivity index (χ3v) is 4.44. The van der Waals surface area contributed by atoms with Crippen molar-refractivity contribution in [3.8, 4) is 0 Å². The van der Waals surface area contributed by atoms with E-state index in [0.29, 0.717) is 5.56 Å². The molecule has 1 aromatic carbocycles. The molecule has 0 unspecified atom stereocenters. The number of carbonyl (C=O) groups is 1. The molecule has 3 rings (SSSR count). The van der Waals surface area contributed by atoms with Crippen molar-refractivity contribution in [1.29, 1.82) is 0 Å². The first kappa shape index (κ1) is 16.6. The van der Waals surface area contributed by atoms with Crippen LogP contribution < -0.4 is 0 Å². The van der Waals surface area contributed by atoms with Crippen molar-refractivity contribution in [1.82, 2.24) is 25.2 Å². The van der Waals surface area contributed by atoms with Gasteiger partial charge in [0.1, 0.15) is 0 Å². The minimum Gasteiger partial charge on any atom is -0.379 e. The van der Waals surface area contributed by atoms with E-state index in [1.807, 2.05) is 18.2 Å². The molecular formula is C17H23N5O2. The fraction of sp³-hybridized carbons (Fsp3) is 0.471. The zero-order chi connectivity index (χ0) is 17.1. The lowest BCUT2D eigenvalue weighted by atomic mass is 10.0. The number of aromatic amines is 1. The molecule has 0 saturated carbocycles. The Balaban J connectivity index is 1.71. The van der Waals surface area contributed by atoms with Crippen LogP contribution in [0.25, 0.3) is 0 Å². The number of likely N-dealkylation sites (tertiary alicyclic amines) is 1. The van der Waals surface area contributed by atoms with Gasteiger partial charge < -0.3 is 9.64 Å². The van der Waals surface area contributed by atoms with Gasteiger partial charge in [0.15, 0.2) is 0 Å². The van der Waals surface area contributed by atoms with Gasteiger partial charge in [-0.3, -0.25) is 9.69 Å². The topological polar surface area (TPSA) is 74.3 Å². The zero-order valence-corrected chi connectivity index (χ0v) is 14.3. The van der Waals surface area contributed by atoms with Crippen molar-refractivity contribution in [3.63, 3.8) is 0 Å². The van der Waals surface area contributed by atoms with Crippen molar-refractivity contribution < 1.29 is 9.53 Å². The Bertz CT molecular complexity index is 686. The van der Waals surface area contributed by atoms with Crippen LogP contribution in [0.5, 0.6) is 0 Å². The minimum atomic E-state index is 0.0218. The van der Waals surface area contributed by atoms with E-state index in [9.17, 15) is 4.79 Å². The second-order valence-corrected chi connectivity index (χ2v) is 6.37. The summed E-state index contributed by atoms with van der Waals surface area (Å²) < 4.78 is 5.62. The molecule has 1 aromatic heterocycles. The Morgan fingerprint density at radius 3 is 2.92 bits per heavy atom. The van der Waals surface area contributed by atoms with E-state index in [1.165, 1.54) is 0 Å². The molecule has 2 atom stereocenters. The second-order valence-electron chi connectivity index (χ2n) is 6.37. The normalized spacial score (nSPS) is 21.1. The highest BCUT2D eigenvalue weighted by Crippen LogP contribution is 2.28. The number of nitrogens with one attached hydrogen (secondary N) is 1. The molecule has 0 bridgehead atoms. The zero-order valence-electron chi connectivity index (χ0n) is 14.3. The molecule has 2 aromatic rings. The van der Waals surface area contributed by atoms with Crippen LogP contribution in [-0.4, -0.2) is 71.5 Å². The minimum absolute atomic E-state index is 0.0218. The quantitative estimate of drug-likeness (QED) is 0.890. The molecule has 1 saturated heterocycles. The molecule has 128 valence electrons. The SMILES string of the molecule is CO[C@@H]1CN(Cc2cccc(C(=O)N(C)C)c2)C[C@H]1c1cn[nH]n1. The van der Waals surface area contributed by atoms with Gasteiger partial charge in [-0.05, 0) is 17.7 Å². The highest BCUT2D eigenvalue weighted by atomic mass is 16.5. The van der Waals surface area contributed by atoms with Crippen LogP contribution in [0.2, 0.25) is 0 Å². The van der Waals surface area contributed by atoms with Gasteiger partial charge in [0, 0.05) is 52.3 Å². The maximum Gasteiger partial charge on any atom is 0.253 e. The Morgan fingerprint density at radius 1 is 1.42 bits per heavy atom. The van der Waals surface area contributed by atoms with E-state index >= 15 is 0 Å². The second kappa shape index (κ2) is 7.11. The number of nitrogens with zero attached hydrogens (tertiary/aromatic N) is 4. The molecule has 0 spiro atoms. The largest absolute Gasteiger partial charge is 0.379 e. The summed E-state index contributed by atoms with van der Waals surface area (Å²) in [4.78, 5) is 16.0. The number of hydrogen-bond acceptors (Lipinski definition) is 5. The lowest BCUT2D eigenvalue weighted by molar-refractivity contribution is 0.0827. The Morgan fingerprint density at radius 2 is 2.25 bits per heavy atom. The number of hydrogen-bond donors (Lipinski definition) is 1. The summed E-state index contributed by atoms with van der Waals surface area (Å²) in [7, 11) is 5.26. The van der Waals surface area contributed by atoms with Gasteiger partial charge in [0.2, 0.25) is 0 Å². The molecule has 1 fully saturated rings. The molecule has 0 radical (unpaired) electrons. The van der Waals surface area contributed by atoms with Crippen LogP contribution in [0.4, 0.5) is 0 Å². The number of amides is 1. The number of H-pyrrole nitrogens is 1. The van der Waals surface area contributed by atoms with Crippen LogP contribution in [0, 0.1) is 0 Å². The number of ether oxygens (including phenoxy) is 1. The molecule has 1 amide bonds. The maximum atomic E-state index is 12.1. The van der Waals surface area contributed by atoms with E-state index in [4.69, 9.17) is 4.74 Å². The molecule has 1 aliphatic rings. The predicted molar refractivity (Wildman–Crippen MR) is 89.7 cm³/mol. The number of methoxy groups -OCH3 is 1. The average Bonchev–Trinajstić information content (AvgIpc) is 3.23. The summed E-state index contributed by atoms with van der Waals surface area (Å²) in [6, 6.07) is 7.81. The monoisotopic (exact) mass is 329 g/mol. The summed E-state index contributed by atoms with van der Waals surface area (Å²) in [6.45, 7) is 2.47. The fourth-order valence-corrected chi connectivity index (χ4v) is 3.21. The smallest absolute Gasteiger partial charge is 0.253 e. The first-order valence-corrected chi connectivity index (χ1v) is 8.00. The van der Waals surface area contributed by atoms with Crippen LogP contribution in [0.15, 0.2) is 30.5 Å². The van der Waals surface area contributed by atoms with Crippen LogP contribution in [0.3, 0.4) is 0 Å². The highest BCUT2D eigenvalue weighted by molar-refractivity contribution is 5.94. The Hall–Kier alpha value is -2.25. The standard InChI is InChI=1S/C17H23N5O2/c1-21(2)17(23)13-6-4-5-12(7-13)9-22-10-14(16(11-22)24-3)15-8-18-20-19-15/h4-8,14,16H,9-11H2,1-3H3,(H,18,19,20)/t14-,16+/m0/s1. The summed E-state index contributed by atoms with van der Waals surface area (Å²) >= 11 is 0. The molecule has 24 heavy (non-hydrogen) atoms. The predicted octanol–water partition coefficient (Wildman–Crippen LogP) is 1.12. The van der Waals surface area contributed by atoms with Crippen molar-refractivity contribution >= 4 is 5.91 Å².